The maximum atomic E-state index is 11.8. The fourth-order valence-corrected chi connectivity index (χ4v) is 1.69. The molecule has 1 heterocycles. The van der Waals surface area contributed by atoms with Crippen molar-refractivity contribution in [3.63, 3.8) is 0 Å². The van der Waals surface area contributed by atoms with Gasteiger partial charge in [-0.3, -0.25) is 5.32 Å². The lowest BCUT2D eigenvalue weighted by Gasteiger charge is -2.19. The molecule has 7 heteroatoms. The molecule has 0 aliphatic carbocycles. The lowest BCUT2D eigenvalue weighted by atomic mass is 10.1. The number of aromatic carboxylic acids is 1. The largest absolute Gasteiger partial charge is 0.478 e. The molecule has 7 nitrogen and oxygen atoms in total. The second-order valence-corrected chi connectivity index (χ2v) is 5.39. The molecule has 1 amide bonds. The molecule has 0 saturated carbocycles. The van der Waals surface area contributed by atoms with Crippen molar-refractivity contribution >= 4 is 28.8 Å². The van der Waals surface area contributed by atoms with Gasteiger partial charge in [-0.2, -0.15) is 0 Å². The summed E-state index contributed by atoms with van der Waals surface area (Å²) in [5.74, 6) is -0.775. The minimum absolute atomic E-state index is 0.115. The molecule has 0 fully saturated rings. The van der Waals surface area contributed by atoms with E-state index < -0.39 is 17.7 Å². The Morgan fingerprint density at radius 1 is 1.24 bits per heavy atom. The summed E-state index contributed by atoms with van der Waals surface area (Å²) in [4.78, 5) is 30.7. The number of anilines is 1. The zero-order chi connectivity index (χ0) is 15.6. The number of carbonyl (C=O) groups excluding carboxylic acids is 1. The number of hydrogen-bond acceptors (Lipinski definition) is 5. The molecule has 0 atom stereocenters. The maximum Gasteiger partial charge on any atom is 0.413 e. The first-order valence-corrected chi connectivity index (χ1v) is 6.24. The van der Waals surface area contributed by atoms with Crippen LogP contribution < -0.4 is 5.32 Å². The molecule has 0 spiro atoms. The molecule has 0 aliphatic heterocycles. The van der Waals surface area contributed by atoms with Crippen LogP contribution >= 0.6 is 0 Å². The highest BCUT2D eigenvalue weighted by Gasteiger charge is 2.17. The van der Waals surface area contributed by atoms with Gasteiger partial charge >= 0.3 is 12.1 Å². The Balaban J connectivity index is 2.33. The van der Waals surface area contributed by atoms with Crippen LogP contribution in [0.15, 0.2) is 24.5 Å². The molecule has 1 aromatic heterocycles. The molecule has 0 unspecified atom stereocenters. The van der Waals surface area contributed by atoms with Gasteiger partial charge in [0.2, 0.25) is 0 Å². The predicted molar refractivity (Wildman–Crippen MR) is 76.4 cm³/mol. The van der Waals surface area contributed by atoms with Crippen LogP contribution in [0.4, 0.5) is 10.6 Å². The number of carboxylic acids is 1. The number of nitrogens with one attached hydrogen (secondary N) is 1. The Morgan fingerprint density at radius 3 is 2.57 bits per heavy atom. The number of carboxylic acid groups (broad SMARTS) is 1. The quantitative estimate of drug-likeness (QED) is 0.881. The Kier molecular flexibility index (Phi) is 3.75. The van der Waals surface area contributed by atoms with E-state index in [1.807, 2.05) is 0 Å². The summed E-state index contributed by atoms with van der Waals surface area (Å²) in [6.07, 6.45) is 0.616. The van der Waals surface area contributed by atoms with E-state index >= 15 is 0 Å². The third-order valence-corrected chi connectivity index (χ3v) is 2.50. The molecule has 0 bridgehead atoms. The van der Waals surface area contributed by atoms with E-state index in [-0.39, 0.29) is 11.4 Å². The lowest BCUT2D eigenvalue weighted by Crippen LogP contribution is -2.27. The molecular weight excluding hydrogens is 274 g/mol. The highest BCUT2D eigenvalue weighted by atomic mass is 16.6. The standard InChI is InChI=1S/C14H15N3O4/c1-14(2,3)21-13(20)17-11-9-5-4-8(12(18)19)6-10(9)15-7-16-11/h4-7H,1-3H3,(H,18,19)(H,15,16,17,20). The number of benzene rings is 1. The Bertz CT molecular complexity index is 707. The van der Waals surface area contributed by atoms with Crippen LogP contribution in [0.1, 0.15) is 31.1 Å². The number of carbonyl (C=O) groups is 2. The van der Waals surface area contributed by atoms with Gasteiger partial charge in [0, 0.05) is 5.39 Å². The van der Waals surface area contributed by atoms with Crippen LogP contribution in [-0.2, 0) is 4.74 Å². The van der Waals surface area contributed by atoms with E-state index in [0.29, 0.717) is 10.9 Å². The van der Waals surface area contributed by atoms with Crippen molar-refractivity contribution in [2.75, 3.05) is 5.32 Å². The summed E-state index contributed by atoms with van der Waals surface area (Å²) in [6, 6.07) is 4.39. The maximum absolute atomic E-state index is 11.8. The van der Waals surface area contributed by atoms with Crippen molar-refractivity contribution in [2.24, 2.45) is 0 Å². The second-order valence-electron chi connectivity index (χ2n) is 5.39. The van der Waals surface area contributed by atoms with E-state index in [4.69, 9.17) is 9.84 Å². The first-order valence-electron chi connectivity index (χ1n) is 6.24. The third kappa shape index (κ3) is 3.65. The fourth-order valence-electron chi connectivity index (χ4n) is 1.69. The highest BCUT2D eigenvalue weighted by molar-refractivity contribution is 5.99. The van der Waals surface area contributed by atoms with Crippen molar-refractivity contribution < 1.29 is 19.4 Å². The number of fused-ring (bicyclic) bond motifs is 1. The van der Waals surface area contributed by atoms with Gasteiger partial charge in [0.05, 0.1) is 11.1 Å². The Labute approximate surface area is 121 Å². The van der Waals surface area contributed by atoms with Crippen LogP contribution in [0.2, 0.25) is 0 Å². The summed E-state index contributed by atoms with van der Waals surface area (Å²) in [5, 5.41) is 12.0. The minimum atomic E-state index is -1.04. The van der Waals surface area contributed by atoms with Crippen LogP contribution in [0.3, 0.4) is 0 Å². The average molecular weight is 289 g/mol. The molecule has 1 aromatic carbocycles. The van der Waals surface area contributed by atoms with Crippen LogP contribution in [0.5, 0.6) is 0 Å². The van der Waals surface area contributed by atoms with Gasteiger partial charge in [0.25, 0.3) is 0 Å². The molecule has 21 heavy (non-hydrogen) atoms. The van der Waals surface area contributed by atoms with Gasteiger partial charge in [-0.15, -0.1) is 0 Å². The van der Waals surface area contributed by atoms with Gasteiger partial charge in [-0.25, -0.2) is 19.6 Å². The summed E-state index contributed by atoms with van der Waals surface area (Å²) in [6.45, 7) is 5.26. The van der Waals surface area contributed by atoms with Crippen molar-refractivity contribution in [2.45, 2.75) is 26.4 Å². The molecule has 2 aromatic rings. The molecule has 2 N–H and O–H groups in total. The van der Waals surface area contributed by atoms with E-state index in [1.54, 1.807) is 26.8 Å². The molecular formula is C14H15N3O4. The zero-order valence-corrected chi connectivity index (χ0v) is 11.9. The number of ether oxygens (including phenoxy) is 1. The summed E-state index contributed by atoms with van der Waals surface area (Å²) in [7, 11) is 0. The molecule has 0 radical (unpaired) electrons. The van der Waals surface area contributed by atoms with Crippen molar-refractivity contribution in [1.82, 2.24) is 9.97 Å². The van der Waals surface area contributed by atoms with E-state index in [1.165, 1.54) is 18.5 Å². The monoisotopic (exact) mass is 289 g/mol. The molecule has 0 saturated heterocycles. The first kappa shape index (κ1) is 14.7. The van der Waals surface area contributed by atoms with E-state index in [9.17, 15) is 9.59 Å². The molecule has 2 rings (SSSR count). The number of hydrogen-bond donors (Lipinski definition) is 2. The average Bonchev–Trinajstić information content (AvgIpc) is 2.36. The van der Waals surface area contributed by atoms with Gasteiger partial charge < -0.3 is 9.84 Å². The number of nitrogens with zero attached hydrogens (tertiary/aromatic N) is 2. The topological polar surface area (TPSA) is 101 Å². The van der Waals surface area contributed by atoms with Gasteiger partial charge in [-0.1, -0.05) is 0 Å². The number of amides is 1. The Morgan fingerprint density at radius 2 is 1.95 bits per heavy atom. The smallest absolute Gasteiger partial charge is 0.413 e. The van der Waals surface area contributed by atoms with Gasteiger partial charge in [-0.05, 0) is 39.0 Å². The third-order valence-electron chi connectivity index (χ3n) is 2.50. The highest BCUT2D eigenvalue weighted by Crippen LogP contribution is 2.21. The number of aromatic nitrogens is 2. The molecule has 0 aliphatic rings. The first-order chi connectivity index (χ1) is 9.76. The molecule has 110 valence electrons. The zero-order valence-electron chi connectivity index (χ0n) is 11.9. The predicted octanol–water partition coefficient (Wildman–Crippen LogP) is 2.68. The van der Waals surface area contributed by atoms with E-state index in [2.05, 4.69) is 15.3 Å². The second kappa shape index (κ2) is 5.35. The lowest BCUT2D eigenvalue weighted by molar-refractivity contribution is 0.0633. The van der Waals surface area contributed by atoms with Crippen molar-refractivity contribution in [1.29, 1.82) is 0 Å². The summed E-state index contributed by atoms with van der Waals surface area (Å²) in [5.41, 5.74) is -0.0796. The fraction of sp³-hybridized carbons (Fsp3) is 0.286. The van der Waals surface area contributed by atoms with Gasteiger partial charge in [0.1, 0.15) is 17.7 Å². The number of rotatable bonds is 2. The van der Waals surface area contributed by atoms with Crippen LogP contribution in [0, 0.1) is 0 Å². The van der Waals surface area contributed by atoms with Gasteiger partial charge in [0.15, 0.2) is 0 Å². The van der Waals surface area contributed by atoms with Crippen molar-refractivity contribution in [3.05, 3.63) is 30.1 Å². The SMILES string of the molecule is CC(C)(C)OC(=O)Nc1ncnc2cc(C(=O)O)ccc12. The van der Waals surface area contributed by atoms with Crippen LogP contribution in [-0.4, -0.2) is 32.7 Å². The minimum Gasteiger partial charge on any atom is -0.478 e. The van der Waals surface area contributed by atoms with E-state index in [0.717, 1.165) is 0 Å². The van der Waals surface area contributed by atoms with Crippen LogP contribution in [0.25, 0.3) is 10.9 Å². The van der Waals surface area contributed by atoms with Crippen molar-refractivity contribution in [3.8, 4) is 0 Å². The normalized spacial score (nSPS) is 11.2. The summed E-state index contributed by atoms with van der Waals surface area (Å²) < 4.78 is 5.15. The summed E-state index contributed by atoms with van der Waals surface area (Å²) >= 11 is 0. The Hall–Kier alpha value is -2.70.